The number of anilines is 1. The summed E-state index contributed by atoms with van der Waals surface area (Å²) in [7, 11) is 0. The van der Waals surface area contributed by atoms with Gasteiger partial charge in [0, 0.05) is 42.8 Å². The van der Waals surface area contributed by atoms with Gasteiger partial charge >= 0.3 is 5.97 Å². The van der Waals surface area contributed by atoms with Crippen LogP contribution in [0.5, 0.6) is 0 Å². The number of hydrogen-bond donors (Lipinski definition) is 1. The van der Waals surface area contributed by atoms with Gasteiger partial charge in [-0.15, -0.1) is 0 Å². The van der Waals surface area contributed by atoms with Crippen LogP contribution in [0.15, 0.2) is 36.4 Å². The number of fused-ring (bicyclic) bond motifs is 1. The Morgan fingerprint density at radius 1 is 1.11 bits per heavy atom. The molecule has 8 heteroatoms. The number of benzene rings is 2. The zero-order chi connectivity index (χ0) is 19.7. The fourth-order valence-corrected chi connectivity index (χ4v) is 4.86. The summed E-state index contributed by atoms with van der Waals surface area (Å²) in [5.41, 5.74) is 2.73. The van der Waals surface area contributed by atoms with E-state index in [0.29, 0.717) is 5.02 Å². The van der Waals surface area contributed by atoms with Crippen molar-refractivity contribution in [3.8, 4) is 0 Å². The SMILES string of the molecule is O=C(O)Cc1ccc(Cl)c(CN2CCN(c3nc4ccc(Cl)cc4s3)CC2)c1. The largest absolute Gasteiger partial charge is 0.481 e. The second-order valence-electron chi connectivity index (χ2n) is 6.87. The average molecular weight is 436 g/mol. The zero-order valence-electron chi connectivity index (χ0n) is 15.1. The Kier molecular flexibility index (Phi) is 5.73. The molecule has 2 aromatic carbocycles. The highest BCUT2D eigenvalue weighted by Gasteiger charge is 2.21. The Balaban J connectivity index is 1.40. The molecule has 0 spiro atoms. The van der Waals surface area contributed by atoms with E-state index in [0.717, 1.165) is 64.2 Å². The lowest BCUT2D eigenvalue weighted by atomic mass is 10.1. The highest BCUT2D eigenvalue weighted by Crippen LogP contribution is 2.31. The van der Waals surface area contributed by atoms with Crippen LogP contribution in [0.25, 0.3) is 10.2 Å². The van der Waals surface area contributed by atoms with E-state index >= 15 is 0 Å². The van der Waals surface area contributed by atoms with E-state index in [9.17, 15) is 4.79 Å². The first-order valence-electron chi connectivity index (χ1n) is 9.00. The molecule has 1 aliphatic heterocycles. The number of carboxylic acids is 1. The third-order valence-electron chi connectivity index (χ3n) is 4.84. The monoisotopic (exact) mass is 435 g/mol. The lowest BCUT2D eigenvalue weighted by molar-refractivity contribution is -0.136. The van der Waals surface area contributed by atoms with Gasteiger partial charge in [-0.1, -0.05) is 46.7 Å². The summed E-state index contributed by atoms with van der Waals surface area (Å²) < 4.78 is 1.10. The van der Waals surface area contributed by atoms with Crippen LogP contribution >= 0.6 is 34.5 Å². The van der Waals surface area contributed by atoms with E-state index in [1.165, 1.54) is 0 Å². The lowest BCUT2D eigenvalue weighted by Gasteiger charge is -2.34. The minimum atomic E-state index is -0.834. The molecule has 0 saturated carbocycles. The number of carboxylic acid groups (broad SMARTS) is 1. The second kappa shape index (κ2) is 8.25. The molecule has 5 nitrogen and oxygen atoms in total. The van der Waals surface area contributed by atoms with Gasteiger partial charge in [0.25, 0.3) is 0 Å². The lowest BCUT2D eigenvalue weighted by Crippen LogP contribution is -2.46. The van der Waals surface area contributed by atoms with Crippen molar-refractivity contribution in [1.82, 2.24) is 9.88 Å². The van der Waals surface area contributed by atoms with E-state index in [1.54, 1.807) is 23.5 Å². The maximum absolute atomic E-state index is 10.9. The van der Waals surface area contributed by atoms with Gasteiger partial charge in [-0.05, 0) is 35.4 Å². The summed E-state index contributed by atoms with van der Waals surface area (Å²) in [4.78, 5) is 20.3. The fourth-order valence-electron chi connectivity index (χ4n) is 3.39. The van der Waals surface area contributed by atoms with Crippen LogP contribution < -0.4 is 4.90 Å². The normalized spacial score (nSPS) is 15.3. The molecule has 0 unspecified atom stereocenters. The molecule has 1 fully saturated rings. The van der Waals surface area contributed by atoms with Gasteiger partial charge in [0.15, 0.2) is 5.13 Å². The highest BCUT2D eigenvalue weighted by atomic mass is 35.5. The molecule has 0 bridgehead atoms. The van der Waals surface area contributed by atoms with Crippen LogP contribution in [0.4, 0.5) is 5.13 Å². The molecule has 4 rings (SSSR count). The second-order valence-corrected chi connectivity index (χ2v) is 8.72. The maximum Gasteiger partial charge on any atom is 0.307 e. The number of carbonyl (C=O) groups is 1. The van der Waals surface area contributed by atoms with E-state index in [-0.39, 0.29) is 6.42 Å². The van der Waals surface area contributed by atoms with Crippen molar-refractivity contribution in [2.45, 2.75) is 13.0 Å². The Morgan fingerprint density at radius 2 is 1.89 bits per heavy atom. The average Bonchev–Trinajstić information content (AvgIpc) is 3.08. The van der Waals surface area contributed by atoms with Gasteiger partial charge in [0.05, 0.1) is 16.6 Å². The van der Waals surface area contributed by atoms with E-state index in [4.69, 9.17) is 33.3 Å². The van der Waals surface area contributed by atoms with Crippen molar-refractivity contribution in [2.24, 2.45) is 0 Å². The summed E-state index contributed by atoms with van der Waals surface area (Å²) in [6.45, 7) is 4.29. The summed E-state index contributed by atoms with van der Waals surface area (Å²) in [6.07, 6.45) is 0.0135. The van der Waals surface area contributed by atoms with Crippen LogP contribution in [0.2, 0.25) is 10.0 Å². The third kappa shape index (κ3) is 4.41. The number of rotatable bonds is 5. The minimum absolute atomic E-state index is 0.0135. The standard InChI is InChI=1S/C20H19Cl2N3O2S/c21-15-2-4-17-18(11-15)28-20(23-17)25-7-5-24(6-8-25)12-14-9-13(10-19(26)27)1-3-16(14)22/h1-4,9,11H,5-8,10,12H2,(H,26,27). The number of piperazine rings is 1. The third-order valence-corrected chi connectivity index (χ3v) is 6.52. The first-order valence-corrected chi connectivity index (χ1v) is 10.6. The van der Waals surface area contributed by atoms with Crippen LogP contribution in [0.3, 0.4) is 0 Å². The minimum Gasteiger partial charge on any atom is -0.481 e. The molecule has 1 N–H and O–H groups in total. The van der Waals surface area contributed by atoms with E-state index in [1.807, 2.05) is 24.3 Å². The molecule has 146 valence electrons. The van der Waals surface area contributed by atoms with Crippen LogP contribution in [0.1, 0.15) is 11.1 Å². The first kappa shape index (κ1) is 19.5. The Labute approximate surface area is 177 Å². The zero-order valence-corrected chi connectivity index (χ0v) is 17.4. The summed E-state index contributed by atoms with van der Waals surface area (Å²) in [5, 5.41) is 11.4. The smallest absolute Gasteiger partial charge is 0.307 e. The molecule has 0 aliphatic carbocycles. The van der Waals surface area contributed by atoms with Crippen molar-refractivity contribution in [1.29, 1.82) is 0 Å². The molecule has 1 aromatic heterocycles. The van der Waals surface area contributed by atoms with Crippen molar-refractivity contribution in [2.75, 3.05) is 31.1 Å². The number of thiazole rings is 1. The molecule has 0 radical (unpaired) electrons. The van der Waals surface area contributed by atoms with Crippen molar-refractivity contribution in [3.05, 3.63) is 57.6 Å². The Hall–Kier alpha value is -1.86. The molecule has 28 heavy (non-hydrogen) atoms. The van der Waals surface area contributed by atoms with Gasteiger partial charge in [-0.3, -0.25) is 9.69 Å². The number of nitrogens with zero attached hydrogens (tertiary/aromatic N) is 3. The van der Waals surface area contributed by atoms with Gasteiger partial charge in [0.1, 0.15) is 0 Å². The van der Waals surface area contributed by atoms with E-state index < -0.39 is 5.97 Å². The molecular formula is C20H19Cl2N3O2S. The van der Waals surface area contributed by atoms with Crippen molar-refractivity contribution in [3.63, 3.8) is 0 Å². The van der Waals surface area contributed by atoms with E-state index in [2.05, 4.69) is 9.80 Å². The maximum atomic E-state index is 10.9. The predicted octanol–water partition coefficient (Wildman–Crippen LogP) is 4.55. The summed E-state index contributed by atoms with van der Waals surface area (Å²) in [6, 6.07) is 11.3. The van der Waals surface area contributed by atoms with Gasteiger partial charge < -0.3 is 10.0 Å². The highest BCUT2D eigenvalue weighted by molar-refractivity contribution is 7.22. The van der Waals surface area contributed by atoms with Crippen molar-refractivity contribution < 1.29 is 9.90 Å². The first-order chi connectivity index (χ1) is 13.5. The number of halogens is 2. The van der Waals surface area contributed by atoms with Gasteiger partial charge in [0.2, 0.25) is 0 Å². The number of aromatic nitrogens is 1. The summed E-state index contributed by atoms with van der Waals surface area (Å²) in [5.74, 6) is -0.834. The van der Waals surface area contributed by atoms with Crippen LogP contribution in [0, 0.1) is 0 Å². The molecule has 1 saturated heterocycles. The molecule has 2 heterocycles. The molecular weight excluding hydrogens is 417 g/mol. The summed E-state index contributed by atoms with van der Waals surface area (Å²) >= 11 is 14.1. The number of aliphatic carboxylic acids is 1. The Morgan fingerprint density at radius 3 is 2.64 bits per heavy atom. The Bertz CT molecular complexity index is 1020. The molecule has 0 atom stereocenters. The van der Waals surface area contributed by atoms with Gasteiger partial charge in [-0.25, -0.2) is 4.98 Å². The van der Waals surface area contributed by atoms with Crippen LogP contribution in [-0.2, 0) is 17.8 Å². The van der Waals surface area contributed by atoms with Crippen LogP contribution in [-0.4, -0.2) is 47.1 Å². The fraction of sp³-hybridized carbons (Fsp3) is 0.300. The molecule has 1 aliphatic rings. The molecule has 0 amide bonds. The number of hydrogen-bond acceptors (Lipinski definition) is 5. The van der Waals surface area contributed by atoms with Gasteiger partial charge in [-0.2, -0.15) is 0 Å². The molecule has 3 aromatic rings. The quantitative estimate of drug-likeness (QED) is 0.636. The topological polar surface area (TPSA) is 56.7 Å². The predicted molar refractivity (Wildman–Crippen MR) is 115 cm³/mol. The van der Waals surface area contributed by atoms with Crippen molar-refractivity contribution >= 4 is 55.9 Å².